The standard InChI is InChI=1S/C16H22Br2O2/c1-3-19-15-9-12(10-17)8-14(18)16(15)20-13-6-4-5-11(2)7-13/h8-9,11,13H,3-7,10H2,1-2H3. The Bertz CT molecular complexity index is 448. The van der Waals surface area contributed by atoms with Crippen LogP contribution in [0.25, 0.3) is 0 Å². The summed E-state index contributed by atoms with van der Waals surface area (Å²) in [6.45, 7) is 4.96. The summed E-state index contributed by atoms with van der Waals surface area (Å²) in [6.07, 6.45) is 5.17. The first-order valence-electron chi connectivity index (χ1n) is 7.31. The lowest BCUT2D eigenvalue weighted by Gasteiger charge is -2.28. The third-order valence-corrected chi connectivity index (χ3v) is 4.93. The van der Waals surface area contributed by atoms with Gasteiger partial charge in [0, 0.05) is 5.33 Å². The minimum atomic E-state index is 0.309. The molecule has 0 aliphatic heterocycles. The lowest BCUT2D eigenvalue weighted by Crippen LogP contribution is -2.24. The van der Waals surface area contributed by atoms with Crippen LogP contribution in [0.5, 0.6) is 11.5 Å². The molecule has 1 aromatic carbocycles. The molecule has 2 nitrogen and oxygen atoms in total. The maximum absolute atomic E-state index is 6.25. The van der Waals surface area contributed by atoms with Gasteiger partial charge in [-0.15, -0.1) is 0 Å². The van der Waals surface area contributed by atoms with E-state index in [-0.39, 0.29) is 0 Å². The first kappa shape index (κ1) is 16.2. The van der Waals surface area contributed by atoms with Gasteiger partial charge >= 0.3 is 0 Å². The lowest BCUT2D eigenvalue weighted by atomic mass is 9.89. The Morgan fingerprint density at radius 3 is 2.75 bits per heavy atom. The Labute approximate surface area is 138 Å². The summed E-state index contributed by atoms with van der Waals surface area (Å²) >= 11 is 7.12. The summed E-state index contributed by atoms with van der Waals surface area (Å²) < 4.78 is 13.0. The molecule has 2 rings (SSSR count). The average Bonchev–Trinajstić information content (AvgIpc) is 2.42. The van der Waals surface area contributed by atoms with Crippen molar-refractivity contribution in [3.05, 3.63) is 22.2 Å². The molecular weight excluding hydrogens is 384 g/mol. The van der Waals surface area contributed by atoms with E-state index in [9.17, 15) is 0 Å². The maximum Gasteiger partial charge on any atom is 0.175 e. The van der Waals surface area contributed by atoms with E-state index in [0.717, 1.165) is 40.1 Å². The minimum absolute atomic E-state index is 0.309. The molecule has 1 aromatic rings. The summed E-state index contributed by atoms with van der Waals surface area (Å²) in [5.74, 6) is 2.45. The van der Waals surface area contributed by atoms with Crippen molar-refractivity contribution >= 4 is 31.9 Å². The van der Waals surface area contributed by atoms with E-state index in [0.29, 0.717) is 12.7 Å². The van der Waals surface area contributed by atoms with E-state index in [4.69, 9.17) is 9.47 Å². The van der Waals surface area contributed by atoms with Crippen LogP contribution in [0.4, 0.5) is 0 Å². The van der Waals surface area contributed by atoms with Crippen LogP contribution in [-0.2, 0) is 5.33 Å². The zero-order valence-electron chi connectivity index (χ0n) is 12.1. The van der Waals surface area contributed by atoms with Gasteiger partial charge in [-0.25, -0.2) is 0 Å². The van der Waals surface area contributed by atoms with Gasteiger partial charge in [0.25, 0.3) is 0 Å². The topological polar surface area (TPSA) is 18.5 Å². The fourth-order valence-electron chi connectivity index (χ4n) is 2.73. The highest BCUT2D eigenvalue weighted by molar-refractivity contribution is 9.10. The van der Waals surface area contributed by atoms with Crippen molar-refractivity contribution in [3.63, 3.8) is 0 Å². The van der Waals surface area contributed by atoms with Crippen LogP contribution in [0.15, 0.2) is 16.6 Å². The van der Waals surface area contributed by atoms with Gasteiger partial charge < -0.3 is 9.47 Å². The number of alkyl halides is 1. The second kappa shape index (κ2) is 7.69. The van der Waals surface area contributed by atoms with Crippen LogP contribution in [0.2, 0.25) is 0 Å². The number of benzene rings is 1. The summed E-state index contributed by atoms with van der Waals surface area (Å²) in [7, 11) is 0. The van der Waals surface area contributed by atoms with Gasteiger partial charge in [0.15, 0.2) is 11.5 Å². The molecule has 0 N–H and O–H groups in total. The van der Waals surface area contributed by atoms with Crippen LogP contribution in [0, 0.1) is 5.92 Å². The molecule has 2 atom stereocenters. The van der Waals surface area contributed by atoms with Crippen LogP contribution in [0.1, 0.15) is 45.1 Å². The predicted octanol–water partition coefficient (Wildman–Crippen LogP) is 5.70. The molecule has 0 bridgehead atoms. The first-order valence-corrected chi connectivity index (χ1v) is 9.23. The highest BCUT2D eigenvalue weighted by atomic mass is 79.9. The normalized spacial score (nSPS) is 22.6. The van der Waals surface area contributed by atoms with Gasteiger partial charge in [-0.1, -0.05) is 29.3 Å². The number of rotatable bonds is 5. The van der Waals surface area contributed by atoms with Crippen molar-refractivity contribution in [3.8, 4) is 11.5 Å². The molecule has 0 heterocycles. The predicted molar refractivity (Wildman–Crippen MR) is 90.0 cm³/mol. The highest BCUT2D eigenvalue weighted by Crippen LogP contribution is 2.40. The van der Waals surface area contributed by atoms with Gasteiger partial charge in [0.2, 0.25) is 0 Å². The Kier molecular flexibility index (Phi) is 6.21. The second-order valence-corrected chi connectivity index (χ2v) is 6.90. The average molecular weight is 406 g/mol. The molecule has 20 heavy (non-hydrogen) atoms. The maximum atomic E-state index is 6.25. The molecule has 0 radical (unpaired) electrons. The van der Waals surface area contributed by atoms with E-state index in [1.165, 1.54) is 18.4 Å². The molecule has 1 saturated carbocycles. The smallest absolute Gasteiger partial charge is 0.175 e. The van der Waals surface area contributed by atoms with E-state index in [1.807, 2.05) is 6.92 Å². The quantitative estimate of drug-likeness (QED) is 0.585. The van der Waals surface area contributed by atoms with E-state index < -0.39 is 0 Å². The summed E-state index contributed by atoms with van der Waals surface area (Å²) in [5, 5.41) is 0.812. The molecule has 0 spiro atoms. The lowest BCUT2D eigenvalue weighted by molar-refractivity contribution is 0.123. The van der Waals surface area contributed by atoms with Crippen molar-refractivity contribution < 1.29 is 9.47 Å². The van der Waals surface area contributed by atoms with Crippen molar-refractivity contribution in [1.82, 2.24) is 0 Å². The van der Waals surface area contributed by atoms with Crippen LogP contribution >= 0.6 is 31.9 Å². The van der Waals surface area contributed by atoms with Gasteiger partial charge in [0.05, 0.1) is 17.2 Å². The number of ether oxygens (including phenoxy) is 2. The third-order valence-electron chi connectivity index (χ3n) is 3.70. The van der Waals surface area contributed by atoms with Gasteiger partial charge in [-0.3, -0.25) is 0 Å². The van der Waals surface area contributed by atoms with Crippen LogP contribution < -0.4 is 9.47 Å². The molecule has 2 unspecified atom stereocenters. The molecule has 0 saturated heterocycles. The monoisotopic (exact) mass is 404 g/mol. The van der Waals surface area contributed by atoms with Crippen molar-refractivity contribution in [2.75, 3.05) is 6.61 Å². The molecule has 1 aliphatic carbocycles. The van der Waals surface area contributed by atoms with Gasteiger partial charge in [-0.05, 0) is 65.7 Å². The molecule has 0 amide bonds. The molecule has 1 fully saturated rings. The SMILES string of the molecule is CCOc1cc(CBr)cc(Br)c1OC1CCCC(C)C1. The Balaban J connectivity index is 2.20. The molecular formula is C16H22Br2O2. The fourth-order valence-corrected chi connectivity index (χ4v) is 3.63. The number of halogens is 2. The Morgan fingerprint density at radius 1 is 1.30 bits per heavy atom. The molecule has 4 heteroatoms. The van der Waals surface area contributed by atoms with Crippen LogP contribution in [0.3, 0.4) is 0 Å². The van der Waals surface area contributed by atoms with Crippen molar-refractivity contribution in [2.45, 2.75) is 51.0 Å². The Hall–Kier alpha value is -0.220. The van der Waals surface area contributed by atoms with E-state index in [2.05, 4.69) is 50.9 Å². The summed E-state index contributed by atoms with van der Waals surface area (Å²) in [6, 6.07) is 4.16. The highest BCUT2D eigenvalue weighted by Gasteiger charge is 2.23. The van der Waals surface area contributed by atoms with E-state index in [1.54, 1.807) is 0 Å². The van der Waals surface area contributed by atoms with Gasteiger partial charge in [-0.2, -0.15) is 0 Å². The zero-order chi connectivity index (χ0) is 14.5. The molecule has 0 aromatic heterocycles. The zero-order valence-corrected chi connectivity index (χ0v) is 15.3. The molecule has 112 valence electrons. The van der Waals surface area contributed by atoms with Crippen molar-refractivity contribution in [1.29, 1.82) is 0 Å². The number of hydrogen-bond acceptors (Lipinski definition) is 2. The fraction of sp³-hybridized carbons (Fsp3) is 0.625. The first-order chi connectivity index (χ1) is 9.63. The number of hydrogen-bond donors (Lipinski definition) is 0. The van der Waals surface area contributed by atoms with Crippen molar-refractivity contribution in [2.24, 2.45) is 5.92 Å². The minimum Gasteiger partial charge on any atom is -0.490 e. The Morgan fingerprint density at radius 2 is 2.10 bits per heavy atom. The summed E-state index contributed by atoms with van der Waals surface area (Å²) in [5.41, 5.74) is 1.18. The molecule has 1 aliphatic rings. The largest absolute Gasteiger partial charge is 0.490 e. The van der Waals surface area contributed by atoms with Crippen LogP contribution in [-0.4, -0.2) is 12.7 Å². The third kappa shape index (κ3) is 4.14. The second-order valence-electron chi connectivity index (χ2n) is 5.48. The van der Waals surface area contributed by atoms with Gasteiger partial charge in [0.1, 0.15) is 0 Å². The van der Waals surface area contributed by atoms with E-state index >= 15 is 0 Å². The summed E-state index contributed by atoms with van der Waals surface area (Å²) in [4.78, 5) is 0.